The summed E-state index contributed by atoms with van der Waals surface area (Å²) < 4.78 is 12.2. The summed E-state index contributed by atoms with van der Waals surface area (Å²) in [5.41, 5.74) is 0.890. The van der Waals surface area contributed by atoms with E-state index in [9.17, 15) is 0 Å². The number of hydrogen-bond acceptors (Lipinski definition) is 3. The average Bonchev–Trinajstić information content (AvgIpc) is 2.47. The van der Waals surface area contributed by atoms with Crippen LogP contribution in [0.3, 0.4) is 0 Å². The largest absolute Gasteiger partial charge is 0.490 e. The van der Waals surface area contributed by atoms with E-state index in [4.69, 9.17) is 21.1 Å². The van der Waals surface area contributed by atoms with Gasteiger partial charge in [-0.1, -0.05) is 39.7 Å². The Kier molecular flexibility index (Phi) is 6.21. The number of para-hydroxylation sites is 2. The summed E-state index contributed by atoms with van der Waals surface area (Å²) in [6.45, 7) is 3.75. The highest BCUT2D eigenvalue weighted by Crippen LogP contribution is 2.27. The van der Waals surface area contributed by atoms with E-state index in [1.165, 1.54) is 0 Å². The van der Waals surface area contributed by atoms with Gasteiger partial charge in [0, 0.05) is 11.0 Å². The first-order chi connectivity index (χ1) is 10.2. The van der Waals surface area contributed by atoms with Crippen molar-refractivity contribution in [3.05, 3.63) is 52.0 Å². The molecule has 0 amide bonds. The van der Waals surface area contributed by atoms with Crippen molar-refractivity contribution in [3.63, 3.8) is 0 Å². The van der Waals surface area contributed by atoms with Crippen molar-refractivity contribution >= 4 is 33.2 Å². The monoisotopic (exact) mass is 369 g/mol. The number of rotatable bonds is 7. The van der Waals surface area contributed by atoms with Crippen molar-refractivity contribution in [3.8, 4) is 11.5 Å². The fourth-order valence-corrected chi connectivity index (χ4v) is 2.56. The minimum absolute atomic E-state index is 0.524. The van der Waals surface area contributed by atoms with Gasteiger partial charge in [0.15, 0.2) is 11.5 Å². The molecule has 0 aliphatic carbocycles. The first kappa shape index (κ1) is 16.0. The molecule has 0 heterocycles. The summed E-state index contributed by atoms with van der Waals surface area (Å²) in [5.74, 6) is 1.52. The molecule has 0 spiro atoms. The normalized spacial score (nSPS) is 10.2. The van der Waals surface area contributed by atoms with Gasteiger partial charge in [0.1, 0.15) is 6.61 Å². The third-order valence-corrected chi connectivity index (χ3v) is 3.56. The van der Waals surface area contributed by atoms with E-state index in [0.29, 0.717) is 24.8 Å². The third-order valence-electron chi connectivity index (χ3n) is 2.76. The van der Waals surface area contributed by atoms with Crippen LogP contribution in [-0.4, -0.2) is 19.8 Å². The Morgan fingerprint density at radius 1 is 1.10 bits per heavy atom. The molecule has 1 N–H and O–H groups in total. The van der Waals surface area contributed by atoms with Crippen LogP contribution in [0.5, 0.6) is 11.5 Å². The van der Waals surface area contributed by atoms with Crippen molar-refractivity contribution in [2.75, 3.05) is 25.1 Å². The molecule has 2 rings (SSSR count). The van der Waals surface area contributed by atoms with Crippen LogP contribution in [0.1, 0.15) is 6.92 Å². The number of nitrogens with one attached hydrogen (secondary N) is 1. The number of ether oxygens (including phenoxy) is 2. The smallest absolute Gasteiger partial charge is 0.161 e. The molecule has 2 aromatic rings. The van der Waals surface area contributed by atoms with Gasteiger partial charge < -0.3 is 14.8 Å². The first-order valence-corrected chi connectivity index (χ1v) is 7.91. The summed E-state index contributed by atoms with van der Waals surface area (Å²) in [7, 11) is 0. The van der Waals surface area contributed by atoms with Crippen molar-refractivity contribution in [1.29, 1.82) is 0 Å². The number of benzene rings is 2. The molecule has 0 aliphatic rings. The highest BCUT2D eigenvalue weighted by Gasteiger charge is 2.04. The average molecular weight is 371 g/mol. The molecule has 3 nitrogen and oxygen atoms in total. The Hall–Kier alpha value is -1.39. The zero-order chi connectivity index (χ0) is 15.1. The maximum atomic E-state index is 6.14. The van der Waals surface area contributed by atoms with E-state index < -0.39 is 0 Å². The molecule has 0 saturated heterocycles. The molecular formula is C16H17BrClNO2. The predicted octanol–water partition coefficient (Wildman–Crippen LogP) is 4.99. The Morgan fingerprint density at radius 3 is 2.48 bits per heavy atom. The van der Waals surface area contributed by atoms with Crippen LogP contribution in [-0.2, 0) is 0 Å². The molecule has 0 bridgehead atoms. The van der Waals surface area contributed by atoms with E-state index in [1.807, 2.05) is 49.4 Å². The zero-order valence-electron chi connectivity index (χ0n) is 11.7. The maximum Gasteiger partial charge on any atom is 0.161 e. The molecule has 112 valence electrons. The van der Waals surface area contributed by atoms with Crippen molar-refractivity contribution in [2.45, 2.75) is 6.92 Å². The van der Waals surface area contributed by atoms with Gasteiger partial charge in [-0.05, 0) is 37.3 Å². The van der Waals surface area contributed by atoms with Crippen molar-refractivity contribution < 1.29 is 9.47 Å². The SMILES string of the molecule is CCOc1ccccc1OCCNc1ccc(Br)cc1Cl. The minimum Gasteiger partial charge on any atom is -0.490 e. The van der Waals surface area contributed by atoms with Crippen LogP contribution in [0, 0.1) is 0 Å². The second-order valence-corrected chi connectivity index (χ2v) is 5.60. The summed E-state index contributed by atoms with van der Waals surface area (Å²) in [6, 6.07) is 13.4. The lowest BCUT2D eigenvalue weighted by atomic mass is 10.3. The lowest BCUT2D eigenvalue weighted by Crippen LogP contribution is -2.12. The summed E-state index contributed by atoms with van der Waals surface area (Å²) >= 11 is 9.52. The quantitative estimate of drug-likeness (QED) is 0.696. The van der Waals surface area contributed by atoms with Gasteiger partial charge in [-0.15, -0.1) is 0 Å². The van der Waals surface area contributed by atoms with Crippen LogP contribution in [0.15, 0.2) is 46.9 Å². The molecular weight excluding hydrogens is 354 g/mol. The second kappa shape index (κ2) is 8.15. The first-order valence-electron chi connectivity index (χ1n) is 6.74. The highest BCUT2D eigenvalue weighted by molar-refractivity contribution is 9.10. The molecule has 0 aliphatic heterocycles. The molecule has 0 aromatic heterocycles. The van der Waals surface area contributed by atoms with Crippen LogP contribution < -0.4 is 14.8 Å². The van der Waals surface area contributed by atoms with E-state index >= 15 is 0 Å². The lowest BCUT2D eigenvalue weighted by Gasteiger charge is -2.13. The minimum atomic E-state index is 0.524. The Labute approximate surface area is 138 Å². The Bertz CT molecular complexity index is 592. The molecule has 2 aromatic carbocycles. The van der Waals surface area contributed by atoms with Gasteiger partial charge in [-0.2, -0.15) is 0 Å². The van der Waals surface area contributed by atoms with E-state index in [2.05, 4.69) is 21.2 Å². The number of hydrogen-bond donors (Lipinski definition) is 1. The highest BCUT2D eigenvalue weighted by atomic mass is 79.9. The summed E-state index contributed by atoms with van der Waals surface area (Å²) in [6.07, 6.45) is 0. The van der Waals surface area contributed by atoms with Crippen LogP contribution in [0.4, 0.5) is 5.69 Å². The van der Waals surface area contributed by atoms with Crippen LogP contribution in [0.25, 0.3) is 0 Å². The Morgan fingerprint density at radius 2 is 1.81 bits per heavy atom. The topological polar surface area (TPSA) is 30.5 Å². The predicted molar refractivity (Wildman–Crippen MR) is 90.7 cm³/mol. The van der Waals surface area contributed by atoms with Crippen molar-refractivity contribution in [1.82, 2.24) is 0 Å². The number of anilines is 1. The van der Waals surface area contributed by atoms with Gasteiger partial charge in [0.2, 0.25) is 0 Å². The fraction of sp³-hybridized carbons (Fsp3) is 0.250. The van der Waals surface area contributed by atoms with Gasteiger partial charge in [-0.3, -0.25) is 0 Å². The van der Waals surface area contributed by atoms with Gasteiger partial charge >= 0.3 is 0 Å². The zero-order valence-corrected chi connectivity index (χ0v) is 14.1. The summed E-state index contributed by atoms with van der Waals surface area (Å²) in [5, 5.41) is 3.92. The standard InChI is InChI=1S/C16H17BrClNO2/c1-2-20-15-5-3-4-6-16(15)21-10-9-19-14-8-7-12(17)11-13(14)18/h3-8,11,19H,2,9-10H2,1H3. The van der Waals surface area contributed by atoms with Gasteiger partial charge in [-0.25, -0.2) is 0 Å². The lowest BCUT2D eigenvalue weighted by molar-refractivity contribution is 0.284. The van der Waals surface area contributed by atoms with E-state index in [-0.39, 0.29) is 0 Å². The summed E-state index contributed by atoms with van der Waals surface area (Å²) in [4.78, 5) is 0. The third kappa shape index (κ3) is 4.83. The Balaban J connectivity index is 1.84. The molecule has 0 atom stereocenters. The van der Waals surface area contributed by atoms with Crippen LogP contribution in [0.2, 0.25) is 5.02 Å². The molecule has 0 unspecified atom stereocenters. The van der Waals surface area contributed by atoms with E-state index in [1.54, 1.807) is 0 Å². The fourth-order valence-electron chi connectivity index (χ4n) is 1.82. The second-order valence-electron chi connectivity index (χ2n) is 4.28. The molecule has 5 heteroatoms. The van der Waals surface area contributed by atoms with Crippen molar-refractivity contribution in [2.24, 2.45) is 0 Å². The van der Waals surface area contributed by atoms with E-state index in [0.717, 1.165) is 21.7 Å². The maximum absolute atomic E-state index is 6.14. The molecule has 0 saturated carbocycles. The van der Waals surface area contributed by atoms with Gasteiger partial charge in [0.25, 0.3) is 0 Å². The molecule has 0 radical (unpaired) electrons. The number of halogens is 2. The van der Waals surface area contributed by atoms with Gasteiger partial charge in [0.05, 0.1) is 17.3 Å². The van der Waals surface area contributed by atoms with Crippen LogP contribution >= 0.6 is 27.5 Å². The molecule has 21 heavy (non-hydrogen) atoms. The molecule has 0 fully saturated rings.